The fourth-order valence-electron chi connectivity index (χ4n) is 1.36. The summed E-state index contributed by atoms with van der Waals surface area (Å²) in [5, 5.41) is 3.19. The summed E-state index contributed by atoms with van der Waals surface area (Å²) in [5.74, 6) is 0.439. The number of carbonyl (C=O) groups is 1. The molecule has 3 nitrogen and oxygen atoms in total. The monoisotopic (exact) mass is 304 g/mol. The SMILES string of the molecule is CN(C)CCNC(=O)CSCc1ccc(Cl)cc1F. The normalized spacial score (nSPS) is 10.8. The highest BCUT2D eigenvalue weighted by molar-refractivity contribution is 7.99. The molecule has 0 atom stereocenters. The first-order chi connectivity index (χ1) is 8.99. The molecule has 0 saturated heterocycles. The van der Waals surface area contributed by atoms with E-state index in [1.165, 1.54) is 17.8 Å². The van der Waals surface area contributed by atoms with Crippen molar-refractivity contribution < 1.29 is 9.18 Å². The first-order valence-corrected chi connectivity index (χ1v) is 7.45. The van der Waals surface area contributed by atoms with Crippen LogP contribution in [0.4, 0.5) is 4.39 Å². The maximum Gasteiger partial charge on any atom is 0.230 e. The van der Waals surface area contributed by atoms with Crippen LogP contribution in [0.25, 0.3) is 0 Å². The highest BCUT2D eigenvalue weighted by atomic mass is 35.5. The van der Waals surface area contributed by atoms with Gasteiger partial charge in [0, 0.05) is 23.9 Å². The van der Waals surface area contributed by atoms with Crippen LogP contribution in [0, 0.1) is 5.82 Å². The number of rotatable bonds is 7. The smallest absolute Gasteiger partial charge is 0.230 e. The van der Waals surface area contributed by atoms with Gasteiger partial charge in [-0.25, -0.2) is 4.39 Å². The molecule has 0 aliphatic rings. The second kappa shape index (κ2) is 8.40. The third kappa shape index (κ3) is 6.80. The molecule has 0 fully saturated rings. The van der Waals surface area contributed by atoms with Crippen molar-refractivity contribution in [1.82, 2.24) is 10.2 Å². The maximum absolute atomic E-state index is 13.5. The average molecular weight is 305 g/mol. The number of thioether (sulfide) groups is 1. The van der Waals surface area contributed by atoms with E-state index in [0.29, 0.717) is 28.6 Å². The number of hydrogen-bond acceptors (Lipinski definition) is 3. The van der Waals surface area contributed by atoms with Gasteiger partial charge in [0.05, 0.1) is 5.75 Å². The Morgan fingerprint density at radius 3 is 2.84 bits per heavy atom. The second-order valence-corrected chi connectivity index (χ2v) is 5.80. The van der Waals surface area contributed by atoms with Crippen molar-refractivity contribution in [3.63, 3.8) is 0 Å². The molecule has 0 heterocycles. The minimum Gasteiger partial charge on any atom is -0.354 e. The zero-order valence-corrected chi connectivity index (χ0v) is 12.7. The van der Waals surface area contributed by atoms with Crippen LogP contribution < -0.4 is 5.32 Å². The van der Waals surface area contributed by atoms with Crippen molar-refractivity contribution in [3.8, 4) is 0 Å². The largest absolute Gasteiger partial charge is 0.354 e. The van der Waals surface area contributed by atoms with E-state index in [2.05, 4.69) is 5.32 Å². The van der Waals surface area contributed by atoms with Crippen LogP contribution in [0.3, 0.4) is 0 Å². The number of hydrogen-bond donors (Lipinski definition) is 1. The molecule has 6 heteroatoms. The lowest BCUT2D eigenvalue weighted by Gasteiger charge is -2.10. The van der Waals surface area contributed by atoms with Crippen LogP contribution in [0.15, 0.2) is 18.2 Å². The van der Waals surface area contributed by atoms with Crippen LogP contribution >= 0.6 is 23.4 Å². The summed E-state index contributed by atoms with van der Waals surface area (Å²) in [6.45, 7) is 1.43. The van der Waals surface area contributed by atoms with Crippen LogP contribution in [-0.4, -0.2) is 43.7 Å². The van der Waals surface area contributed by atoms with Gasteiger partial charge in [0.2, 0.25) is 5.91 Å². The number of benzene rings is 1. The molecule has 0 aliphatic heterocycles. The Hall–Kier alpha value is -0.780. The Kier molecular flexibility index (Phi) is 7.20. The second-order valence-electron chi connectivity index (χ2n) is 4.38. The van der Waals surface area contributed by atoms with Gasteiger partial charge in [-0.15, -0.1) is 11.8 Å². The molecule has 1 aromatic carbocycles. The summed E-state index contributed by atoms with van der Waals surface area (Å²) in [5.41, 5.74) is 0.565. The van der Waals surface area contributed by atoms with E-state index in [9.17, 15) is 9.18 Å². The third-order valence-electron chi connectivity index (χ3n) is 2.39. The Labute approximate surface area is 122 Å². The third-order valence-corrected chi connectivity index (χ3v) is 3.60. The average Bonchev–Trinajstić information content (AvgIpc) is 2.31. The first-order valence-electron chi connectivity index (χ1n) is 5.92. The van der Waals surface area contributed by atoms with Crippen LogP contribution in [-0.2, 0) is 10.5 Å². The van der Waals surface area contributed by atoms with Crippen LogP contribution in [0.2, 0.25) is 5.02 Å². The molecule has 0 saturated carbocycles. The summed E-state index contributed by atoms with van der Waals surface area (Å²) in [7, 11) is 3.90. The van der Waals surface area contributed by atoms with E-state index < -0.39 is 0 Å². The molecule has 0 bridgehead atoms. The van der Waals surface area contributed by atoms with Crippen molar-refractivity contribution in [2.24, 2.45) is 0 Å². The summed E-state index contributed by atoms with van der Waals surface area (Å²) in [6, 6.07) is 4.58. The number of carbonyl (C=O) groups excluding carboxylic acids is 1. The summed E-state index contributed by atoms with van der Waals surface area (Å²) in [4.78, 5) is 13.5. The van der Waals surface area contributed by atoms with Gasteiger partial charge >= 0.3 is 0 Å². The van der Waals surface area contributed by atoms with Gasteiger partial charge in [-0.05, 0) is 31.8 Å². The number of nitrogens with zero attached hydrogens (tertiary/aromatic N) is 1. The first kappa shape index (κ1) is 16.3. The Morgan fingerprint density at radius 2 is 2.21 bits per heavy atom. The van der Waals surface area contributed by atoms with E-state index in [4.69, 9.17) is 11.6 Å². The lowest BCUT2D eigenvalue weighted by Crippen LogP contribution is -2.32. The Morgan fingerprint density at radius 1 is 1.47 bits per heavy atom. The van der Waals surface area contributed by atoms with Gasteiger partial charge < -0.3 is 10.2 Å². The van der Waals surface area contributed by atoms with Crippen molar-refractivity contribution in [2.45, 2.75) is 5.75 Å². The molecular weight excluding hydrogens is 287 g/mol. The maximum atomic E-state index is 13.5. The van der Waals surface area contributed by atoms with Gasteiger partial charge in [0.25, 0.3) is 0 Å². The van der Waals surface area contributed by atoms with Gasteiger partial charge in [-0.3, -0.25) is 4.79 Å². The van der Waals surface area contributed by atoms with Crippen LogP contribution in [0.5, 0.6) is 0 Å². The van der Waals surface area contributed by atoms with Gasteiger partial charge in [-0.2, -0.15) is 0 Å². The minimum absolute atomic E-state index is 0.0266. The van der Waals surface area contributed by atoms with Crippen molar-refractivity contribution in [3.05, 3.63) is 34.6 Å². The molecule has 0 aliphatic carbocycles. The van der Waals surface area contributed by atoms with E-state index in [0.717, 1.165) is 6.54 Å². The molecule has 1 amide bonds. The Balaban J connectivity index is 2.24. The molecule has 1 rings (SSSR count). The van der Waals surface area contributed by atoms with E-state index in [1.54, 1.807) is 12.1 Å². The fraction of sp³-hybridized carbons (Fsp3) is 0.462. The predicted molar refractivity (Wildman–Crippen MR) is 79.1 cm³/mol. The molecule has 0 spiro atoms. The Bertz CT molecular complexity index is 429. The molecule has 19 heavy (non-hydrogen) atoms. The molecule has 1 aromatic rings. The molecule has 0 aromatic heterocycles. The van der Waals surface area contributed by atoms with E-state index in [-0.39, 0.29) is 11.7 Å². The van der Waals surface area contributed by atoms with Crippen LogP contribution in [0.1, 0.15) is 5.56 Å². The lowest BCUT2D eigenvalue weighted by molar-refractivity contribution is -0.118. The highest BCUT2D eigenvalue weighted by Gasteiger charge is 2.05. The van der Waals surface area contributed by atoms with Gasteiger partial charge in [-0.1, -0.05) is 17.7 Å². The molecule has 0 unspecified atom stereocenters. The number of nitrogens with one attached hydrogen (secondary N) is 1. The summed E-state index contributed by atoms with van der Waals surface area (Å²) in [6.07, 6.45) is 0. The zero-order chi connectivity index (χ0) is 14.3. The van der Waals surface area contributed by atoms with Gasteiger partial charge in [0.15, 0.2) is 0 Å². The number of likely N-dealkylation sites (N-methyl/N-ethyl adjacent to an activating group) is 1. The highest BCUT2D eigenvalue weighted by Crippen LogP contribution is 2.19. The molecule has 106 valence electrons. The predicted octanol–water partition coefficient (Wildman–Crippen LogP) is 2.39. The number of halogens is 2. The summed E-state index contributed by atoms with van der Waals surface area (Å²) < 4.78 is 13.5. The van der Waals surface area contributed by atoms with Crippen molar-refractivity contribution in [2.75, 3.05) is 32.9 Å². The fourth-order valence-corrected chi connectivity index (χ4v) is 2.36. The molecule has 1 N–H and O–H groups in total. The lowest BCUT2D eigenvalue weighted by atomic mass is 10.2. The molecule has 0 radical (unpaired) electrons. The summed E-state index contributed by atoms with van der Waals surface area (Å²) >= 11 is 7.05. The van der Waals surface area contributed by atoms with Gasteiger partial charge in [0.1, 0.15) is 5.82 Å². The standard InChI is InChI=1S/C13H18ClFN2OS/c1-17(2)6-5-16-13(18)9-19-8-10-3-4-11(14)7-12(10)15/h3-4,7H,5-6,8-9H2,1-2H3,(H,16,18). The zero-order valence-electron chi connectivity index (χ0n) is 11.1. The van der Waals surface area contributed by atoms with E-state index in [1.807, 2.05) is 19.0 Å². The van der Waals surface area contributed by atoms with Crippen molar-refractivity contribution >= 4 is 29.3 Å². The van der Waals surface area contributed by atoms with Crippen molar-refractivity contribution in [1.29, 1.82) is 0 Å². The quantitative estimate of drug-likeness (QED) is 0.839. The number of amides is 1. The topological polar surface area (TPSA) is 32.3 Å². The molecular formula is C13H18ClFN2OS. The van der Waals surface area contributed by atoms with E-state index >= 15 is 0 Å². The minimum atomic E-state index is -0.326.